The zero-order valence-corrected chi connectivity index (χ0v) is 14.4. The summed E-state index contributed by atoms with van der Waals surface area (Å²) in [5.74, 6) is -1.30. The van der Waals surface area contributed by atoms with E-state index in [0.29, 0.717) is 17.7 Å². The van der Waals surface area contributed by atoms with Crippen LogP contribution in [0, 0.1) is 12.8 Å². The van der Waals surface area contributed by atoms with Crippen LogP contribution >= 0.6 is 27.3 Å². The van der Waals surface area contributed by atoms with Crippen molar-refractivity contribution in [3.63, 3.8) is 0 Å². The highest BCUT2D eigenvalue weighted by molar-refractivity contribution is 9.11. The van der Waals surface area contributed by atoms with Crippen LogP contribution in [-0.4, -0.2) is 36.4 Å². The number of hydrogen-bond donors (Lipinski definition) is 1. The van der Waals surface area contributed by atoms with Crippen LogP contribution in [0.2, 0.25) is 0 Å². The molecule has 20 heavy (non-hydrogen) atoms. The van der Waals surface area contributed by atoms with Gasteiger partial charge in [-0.1, -0.05) is 0 Å². The normalized spacial score (nSPS) is 24.8. The molecule has 0 amide bonds. The van der Waals surface area contributed by atoms with Crippen molar-refractivity contribution in [2.75, 3.05) is 6.54 Å². The maximum atomic E-state index is 12.7. The first-order chi connectivity index (χ1) is 9.23. The van der Waals surface area contributed by atoms with Crippen molar-refractivity contribution in [2.45, 2.75) is 37.6 Å². The summed E-state index contributed by atoms with van der Waals surface area (Å²) in [6.07, 6.45) is 0.724. The fourth-order valence-corrected chi connectivity index (χ4v) is 6.59. The van der Waals surface area contributed by atoms with Crippen LogP contribution in [-0.2, 0) is 14.8 Å². The highest BCUT2D eigenvalue weighted by Gasteiger charge is 2.37. The number of thiophene rings is 1. The van der Waals surface area contributed by atoms with Gasteiger partial charge in [-0.25, -0.2) is 8.42 Å². The lowest BCUT2D eigenvalue weighted by Gasteiger charge is -2.35. The fourth-order valence-electron chi connectivity index (χ4n) is 2.55. The average Bonchev–Trinajstić information content (AvgIpc) is 2.68. The van der Waals surface area contributed by atoms with E-state index in [-0.39, 0.29) is 12.6 Å². The summed E-state index contributed by atoms with van der Waals surface area (Å²) in [4.78, 5) is 12.1. The second-order valence-electron chi connectivity index (χ2n) is 5.00. The van der Waals surface area contributed by atoms with Gasteiger partial charge in [-0.15, -0.1) is 11.3 Å². The van der Waals surface area contributed by atoms with Crippen LogP contribution in [0.1, 0.15) is 24.6 Å². The Morgan fingerprint density at radius 2 is 2.20 bits per heavy atom. The van der Waals surface area contributed by atoms with Gasteiger partial charge < -0.3 is 5.11 Å². The Morgan fingerprint density at radius 3 is 2.65 bits per heavy atom. The summed E-state index contributed by atoms with van der Waals surface area (Å²) in [5, 5.41) is 9.04. The zero-order valence-electron chi connectivity index (χ0n) is 11.2. The van der Waals surface area contributed by atoms with E-state index >= 15 is 0 Å². The number of piperidine rings is 1. The number of halogens is 1. The Morgan fingerprint density at radius 1 is 1.55 bits per heavy atom. The summed E-state index contributed by atoms with van der Waals surface area (Å²) >= 11 is 4.68. The van der Waals surface area contributed by atoms with Crippen molar-refractivity contribution < 1.29 is 18.3 Å². The van der Waals surface area contributed by atoms with Gasteiger partial charge in [0.2, 0.25) is 10.0 Å². The Hall–Kier alpha value is -0.440. The van der Waals surface area contributed by atoms with Crippen molar-refractivity contribution in [1.82, 2.24) is 4.31 Å². The molecule has 1 N–H and O–H groups in total. The predicted molar refractivity (Wildman–Crippen MR) is 80.5 cm³/mol. The number of rotatable bonds is 3. The molecule has 1 aromatic heterocycles. The molecular formula is C12H16BrNO4S2. The van der Waals surface area contributed by atoms with Crippen LogP contribution in [0.15, 0.2) is 14.7 Å². The second kappa shape index (κ2) is 5.75. The van der Waals surface area contributed by atoms with Gasteiger partial charge in [-0.3, -0.25) is 4.79 Å². The maximum Gasteiger partial charge on any atom is 0.306 e. The summed E-state index contributed by atoms with van der Waals surface area (Å²) in [7, 11) is -3.55. The van der Waals surface area contributed by atoms with E-state index in [1.807, 2.05) is 0 Å². The minimum absolute atomic E-state index is 0.257. The maximum absolute atomic E-state index is 12.7. The molecule has 2 rings (SSSR count). The SMILES string of the molecule is Cc1sc(Br)cc1S(=O)(=O)N1CCC(C(=O)O)CC1C. The molecule has 0 aliphatic carbocycles. The number of carboxylic acids is 1. The van der Waals surface area contributed by atoms with Crippen molar-refractivity contribution >= 4 is 43.3 Å². The van der Waals surface area contributed by atoms with Crippen LogP contribution in [0.4, 0.5) is 0 Å². The van der Waals surface area contributed by atoms with Crippen molar-refractivity contribution in [3.8, 4) is 0 Å². The van der Waals surface area contributed by atoms with E-state index < -0.39 is 21.9 Å². The van der Waals surface area contributed by atoms with Gasteiger partial charge in [0.25, 0.3) is 0 Å². The minimum Gasteiger partial charge on any atom is -0.481 e. The van der Waals surface area contributed by atoms with E-state index in [1.165, 1.54) is 15.6 Å². The molecule has 2 unspecified atom stereocenters. The molecule has 0 bridgehead atoms. The monoisotopic (exact) mass is 381 g/mol. The zero-order chi connectivity index (χ0) is 15.1. The molecule has 8 heteroatoms. The Labute approximate surface area is 130 Å². The second-order valence-corrected chi connectivity index (χ2v) is 9.49. The first kappa shape index (κ1) is 15.9. The average molecular weight is 382 g/mol. The molecule has 1 aliphatic rings. The van der Waals surface area contributed by atoms with Crippen LogP contribution in [0.25, 0.3) is 0 Å². The summed E-state index contributed by atoms with van der Waals surface area (Å²) < 4.78 is 27.5. The number of sulfonamides is 1. The summed E-state index contributed by atoms with van der Waals surface area (Å²) in [6.45, 7) is 3.80. The number of hydrogen-bond acceptors (Lipinski definition) is 4. The number of carbonyl (C=O) groups is 1. The van der Waals surface area contributed by atoms with Crippen molar-refractivity contribution in [2.24, 2.45) is 5.92 Å². The van der Waals surface area contributed by atoms with Gasteiger partial charge in [0.15, 0.2) is 0 Å². The van der Waals surface area contributed by atoms with E-state index in [2.05, 4.69) is 15.9 Å². The lowest BCUT2D eigenvalue weighted by molar-refractivity contribution is -0.143. The van der Waals surface area contributed by atoms with E-state index in [4.69, 9.17) is 5.11 Å². The lowest BCUT2D eigenvalue weighted by atomic mass is 9.93. The molecule has 0 aromatic carbocycles. The Bertz CT molecular complexity index is 625. The van der Waals surface area contributed by atoms with Gasteiger partial charge in [0.05, 0.1) is 14.6 Å². The molecule has 5 nitrogen and oxygen atoms in total. The van der Waals surface area contributed by atoms with Crippen LogP contribution in [0.5, 0.6) is 0 Å². The molecule has 1 saturated heterocycles. The minimum atomic E-state index is -3.55. The third-order valence-corrected chi connectivity index (χ3v) is 7.42. The van der Waals surface area contributed by atoms with Gasteiger partial charge in [-0.2, -0.15) is 4.31 Å². The van der Waals surface area contributed by atoms with Gasteiger partial charge >= 0.3 is 5.97 Å². The van der Waals surface area contributed by atoms with E-state index in [9.17, 15) is 13.2 Å². The lowest BCUT2D eigenvalue weighted by Crippen LogP contribution is -2.45. The predicted octanol–water partition coefficient (Wildman–Crippen LogP) is 2.69. The van der Waals surface area contributed by atoms with Gasteiger partial charge in [-0.05, 0) is 48.7 Å². The van der Waals surface area contributed by atoms with E-state index in [1.54, 1.807) is 19.9 Å². The fraction of sp³-hybridized carbons (Fsp3) is 0.583. The number of aliphatic carboxylic acids is 1. The summed E-state index contributed by atoms with van der Waals surface area (Å²) in [6, 6.07) is 1.32. The quantitative estimate of drug-likeness (QED) is 0.872. The molecular weight excluding hydrogens is 366 g/mol. The largest absolute Gasteiger partial charge is 0.481 e. The highest BCUT2D eigenvalue weighted by Crippen LogP contribution is 2.34. The van der Waals surface area contributed by atoms with E-state index in [0.717, 1.165) is 8.66 Å². The topological polar surface area (TPSA) is 74.7 Å². The van der Waals surface area contributed by atoms with Crippen molar-refractivity contribution in [3.05, 3.63) is 14.7 Å². The van der Waals surface area contributed by atoms with Crippen molar-refractivity contribution in [1.29, 1.82) is 0 Å². The third kappa shape index (κ3) is 2.93. The molecule has 0 saturated carbocycles. The molecule has 2 atom stereocenters. The summed E-state index contributed by atoms with van der Waals surface area (Å²) in [5.41, 5.74) is 0. The highest BCUT2D eigenvalue weighted by atomic mass is 79.9. The molecule has 1 aliphatic heterocycles. The molecule has 0 spiro atoms. The standard InChI is InChI=1S/C12H16BrNO4S2/c1-7-5-9(12(15)16)3-4-14(7)20(17,18)10-6-11(13)19-8(10)2/h6-7,9H,3-5H2,1-2H3,(H,15,16). The number of aryl methyl sites for hydroxylation is 1. The van der Waals surface area contributed by atoms with Gasteiger partial charge in [0, 0.05) is 17.5 Å². The molecule has 1 aromatic rings. The third-order valence-electron chi connectivity index (χ3n) is 3.59. The van der Waals surface area contributed by atoms with Crippen LogP contribution in [0.3, 0.4) is 0 Å². The number of nitrogens with zero attached hydrogens (tertiary/aromatic N) is 1. The van der Waals surface area contributed by atoms with Crippen LogP contribution < -0.4 is 0 Å². The Balaban J connectivity index is 2.28. The molecule has 0 radical (unpaired) electrons. The Kier molecular flexibility index (Phi) is 4.58. The smallest absolute Gasteiger partial charge is 0.306 e. The molecule has 1 fully saturated rings. The first-order valence-corrected chi connectivity index (χ1v) is 9.29. The van der Waals surface area contributed by atoms with Gasteiger partial charge in [0.1, 0.15) is 0 Å². The molecule has 112 valence electrons. The first-order valence-electron chi connectivity index (χ1n) is 6.24. The molecule has 2 heterocycles. The number of carboxylic acid groups (broad SMARTS) is 1.